The first-order valence-electron chi connectivity index (χ1n) is 6.72. The van der Waals surface area contributed by atoms with Crippen molar-refractivity contribution in [2.45, 2.75) is 26.2 Å². The standard InChI is InChI=1S/C13H25N3O2/c1-10(9-14-2)13(18)16-6-4-11(5-7-16)8-12(17)15-3/h10-11,14H,4-9H2,1-3H3,(H,15,17). The summed E-state index contributed by atoms with van der Waals surface area (Å²) in [4.78, 5) is 25.3. The Kier molecular flexibility index (Phi) is 6.12. The minimum atomic E-state index is 0.0329. The van der Waals surface area contributed by atoms with Gasteiger partial charge in [-0.1, -0.05) is 6.92 Å². The molecule has 2 N–H and O–H groups in total. The Bertz CT molecular complexity index is 286. The number of carbonyl (C=O) groups is 2. The lowest BCUT2D eigenvalue weighted by atomic mass is 9.92. The molecule has 0 radical (unpaired) electrons. The van der Waals surface area contributed by atoms with Crippen LogP contribution in [0.5, 0.6) is 0 Å². The summed E-state index contributed by atoms with van der Waals surface area (Å²) >= 11 is 0. The lowest BCUT2D eigenvalue weighted by molar-refractivity contribution is -0.136. The first-order valence-corrected chi connectivity index (χ1v) is 6.72. The van der Waals surface area contributed by atoms with Crippen LogP contribution in [0.4, 0.5) is 0 Å². The average molecular weight is 255 g/mol. The van der Waals surface area contributed by atoms with Crippen LogP contribution in [0.25, 0.3) is 0 Å². The van der Waals surface area contributed by atoms with Gasteiger partial charge in [0.25, 0.3) is 0 Å². The zero-order chi connectivity index (χ0) is 13.5. The average Bonchev–Trinajstić information content (AvgIpc) is 2.39. The first-order chi connectivity index (χ1) is 8.58. The molecular formula is C13H25N3O2. The van der Waals surface area contributed by atoms with E-state index in [-0.39, 0.29) is 17.7 Å². The van der Waals surface area contributed by atoms with Crippen molar-refractivity contribution in [3.05, 3.63) is 0 Å². The highest BCUT2D eigenvalue weighted by atomic mass is 16.2. The van der Waals surface area contributed by atoms with E-state index in [1.807, 2.05) is 18.9 Å². The molecule has 0 aromatic rings. The molecule has 5 heteroatoms. The van der Waals surface area contributed by atoms with Crippen LogP contribution in [0.1, 0.15) is 26.2 Å². The molecule has 1 aliphatic rings. The van der Waals surface area contributed by atoms with Crippen molar-refractivity contribution in [1.29, 1.82) is 0 Å². The minimum absolute atomic E-state index is 0.0329. The third-order valence-electron chi connectivity index (χ3n) is 3.61. The molecule has 2 amide bonds. The fraction of sp³-hybridized carbons (Fsp3) is 0.846. The van der Waals surface area contributed by atoms with E-state index in [4.69, 9.17) is 0 Å². The Morgan fingerprint density at radius 1 is 1.28 bits per heavy atom. The van der Waals surface area contributed by atoms with Gasteiger partial charge in [-0.05, 0) is 25.8 Å². The van der Waals surface area contributed by atoms with E-state index in [1.54, 1.807) is 7.05 Å². The van der Waals surface area contributed by atoms with E-state index in [0.29, 0.717) is 12.3 Å². The van der Waals surface area contributed by atoms with E-state index in [1.165, 1.54) is 0 Å². The molecule has 1 fully saturated rings. The number of nitrogens with zero attached hydrogens (tertiary/aromatic N) is 1. The van der Waals surface area contributed by atoms with Crippen molar-refractivity contribution in [3.63, 3.8) is 0 Å². The molecule has 0 aliphatic carbocycles. The van der Waals surface area contributed by atoms with Crippen LogP contribution in [-0.2, 0) is 9.59 Å². The summed E-state index contributed by atoms with van der Waals surface area (Å²) in [6, 6.07) is 0. The van der Waals surface area contributed by atoms with Gasteiger partial charge in [-0.3, -0.25) is 9.59 Å². The maximum absolute atomic E-state index is 12.1. The van der Waals surface area contributed by atoms with E-state index in [0.717, 1.165) is 32.5 Å². The molecule has 1 rings (SSSR count). The second-order valence-electron chi connectivity index (χ2n) is 5.10. The van der Waals surface area contributed by atoms with E-state index in [9.17, 15) is 9.59 Å². The van der Waals surface area contributed by atoms with Gasteiger partial charge in [-0.2, -0.15) is 0 Å². The summed E-state index contributed by atoms with van der Waals surface area (Å²) in [5.74, 6) is 0.783. The molecule has 1 aliphatic heterocycles. The second kappa shape index (κ2) is 7.36. The molecule has 1 unspecified atom stereocenters. The molecule has 0 spiro atoms. The molecule has 5 nitrogen and oxygen atoms in total. The number of piperidine rings is 1. The third kappa shape index (κ3) is 4.29. The van der Waals surface area contributed by atoms with Crippen LogP contribution >= 0.6 is 0 Å². The van der Waals surface area contributed by atoms with Crippen molar-refractivity contribution in [2.24, 2.45) is 11.8 Å². The highest BCUT2D eigenvalue weighted by molar-refractivity contribution is 5.79. The molecule has 0 aromatic carbocycles. The van der Waals surface area contributed by atoms with Crippen molar-refractivity contribution >= 4 is 11.8 Å². The van der Waals surface area contributed by atoms with Crippen molar-refractivity contribution in [2.75, 3.05) is 33.7 Å². The van der Waals surface area contributed by atoms with Crippen molar-refractivity contribution in [3.8, 4) is 0 Å². The summed E-state index contributed by atoms with van der Waals surface area (Å²) in [6.45, 7) is 4.25. The minimum Gasteiger partial charge on any atom is -0.359 e. The molecule has 0 saturated carbocycles. The Morgan fingerprint density at radius 2 is 1.89 bits per heavy atom. The number of likely N-dealkylation sites (tertiary alicyclic amines) is 1. The van der Waals surface area contributed by atoms with E-state index < -0.39 is 0 Å². The van der Waals surface area contributed by atoms with Gasteiger partial charge in [-0.15, -0.1) is 0 Å². The van der Waals surface area contributed by atoms with Gasteiger partial charge < -0.3 is 15.5 Å². The predicted octanol–water partition coefficient (Wildman–Crippen LogP) is 0.217. The highest BCUT2D eigenvalue weighted by Gasteiger charge is 2.26. The van der Waals surface area contributed by atoms with Crippen LogP contribution in [0, 0.1) is 11.8 Å². The van der Waals surface area contributed by atoms with Gasteiger partial charge in [-0.25, -0.2) is 0 Å². The fourth-order valence-electron chi connectivity index (χ4n) is 2.43. The quantitative estimate of drug-likeness (QED) is 0.738. The first kappa shape index (κ1) is 15.0. The normalized spacial score (nSPS) is 18.5. The second-order valence-corrected chi connectivity index (χ2v) is 5.10. The third-order valence-corrected chi connectivity index (χ3v) is 3.61. The van der Waals surface area contributed by atoms with Crippen molar-refractivity contribution < 1.29 is 9.59 Å². The fourth-order valence-corrected chi connectivity index (χ4v) is 2.43. The highest BCUT2D eigenvalue weighted by Crippen LogP contribution is 2.21. The number of hydrogen-bond acceptors (Lipinski definition) is 3. The zero-order valence-electron chi connectivity index (χ0n) is 11.7. The molecule has 104 valence electrons. The maximum Gasteiger partial charge on any atom is 0.226 e. The van der Waals surface area contributed by atoms with Crippen LogP contribution < -0.4 is 10.6 Å². The molecule has 0 aromatic heterocycles. The lowest BCUT2D eigenvalue weighted by Gasteiger charge is -2.33. The SMILES string of the molecule is CNCC(C)C(=O)N1CCC(CC(=O)NC)CC1. The Labute approximate surface area is 109 Å². The number of nitrogens with one attached hydrogen (secondary N) is 2. The van der Waals surface area contributed by atoms with Gasteiger partial charge in [0.15, 0.2) is 0 Å². The van der Waals surface area contributed by atoms with Gasteiger partial charge in [0.1, 0.15) is 0 Å². The van der Waals surface area contributed by atoms with Crippen molar-refractivity contribution in [1.82, 2.24) is 15.5 Å². The van der Waals surface area contributed by atoms with E-state index in [2.05, 4.69) is 10.6 Å². The molecule has 18 heavy (non-hydrogen) atoms. The number of rotatable bonds is 5. The lowest BCUT2D eigenvalue weighted by Crippen LogP contribution is -2.43. The summed E-state index contributed by atoms with van der Waals surface area (Å²) in [5.41, 5.74) is 0. The zero-order valence-corrected chi connectivity index (χ0v) is 11.7. The summed E-state index contributed by atoms with van der Waals surface area (Å²) in [6.07, 6.45) is 2.46. The van der Waals surface area contributed by atoms with Gasteiger partial charge >= 0.3 is 0 Å². The van der Waals surface area contributed by atoms with Gasteiger partial charge in [0, 0.05) is 39.0 Å². The van der Waals surface area contributed by atoms with Crippen LogP contribution in [0.15, 0.2) is 0 Å². The molecular weight excluding hydrogens is 230 g/mol. The van der Waals surface area contributed by atoms with Crippen LogP contribution in [0.2, 0.25) is 0 Å². The summed E-state index contributed by atoms with van der Waals surface area (Å²) < 4.78 is 0. The predicted molar refractivity (Wildman–Crippen MR) is 71.1 cm³/mol. The Hall–Kier alpha value is -1.10. The molecule has 1 atom stereocenters. The molecule has 0 bridgehead atoms. The number of amides is 2. The molecule has 1 heterocycles. The summed E-state index contributed by atoms with van der Waals surface area (Å²) in [7, 11) is 3.53. The Morgan fingerprint density at radius 3 is 2.39 bits per heavy atom. The topological polar surface area (TPSA) is 61.4 Å². The Balaban J connectivity index is 2.34. The summed E-state index contributed by atoms with van der Waals surface area (Å²) in [5, 5.41) is 5.68. The van der Waals surface area contributed by atoms with Gasteiger partial charge in [0.05, 0.1) is 0 Å². The van der Waals surface area contributed by atoms with Gasteiger partial charge in [0.2, 0.25) is 11.8 Å². The van der Waals surface area contributed by atoms with Crippen LogP contribution in [-0.4, -0.2) is 50.4 Å². The maximum atomic E-state index is 12.1. The largest absolute Gasteiger partial charge is 0.359 e. The number of hydrogen-bond donors (Lipinski definition) is 2. The number of carbonyl (C=O) groups excluding carboxylic acids is 2. The molecule has 1 saturated heterocycles. The van der Waals surface area contributed by atoms with E-state index >= 15 is 0 Å². The van der Waals surface area contributed by atoms with Crippen LogP contribution in [0.3, 0.4) is 0 Å². The smallest absolute Gasteiger partial charge is 0.226 e. The monoisotopic (exact) mass is 255 g/mol.